The summed E-state index contributed by atoms with van der Waals surface area (Å²) in [6, 6.07) is 15.2. The van der Waals surface area contributed by atoms with Gasteiger partial charge < -0.3 is 5.32 Å². The second-order valence-corrected chi connectivity index (χ2v) is 5.29. The maximum Gasteiger partial charge on any atom is 0.260 e. The average Bonchev–Trinajstić information content (AvgIpc) is 2.85. The summed E-state index contributed by atoms with van der Waals surface area (Å²) >= 11 is 6.31. The minimum atomic E-state index is -0.509. The lowest BCUT2D eigenvalue weighted by Crippen LogP contribution is -2.14. The fourth-order valence-corrected chi connectivity index (χ4v) is 2.60. The number of anilines is 1. The van der Waals surface area contributed by atoms with Crippen LogP contribution in [0.5, 0.6) is 0 Å². The van der Waals surface area contributed by atoms with Gasteiger partial charge in [-0.25, -0.2) is 9.07 Å². The van der Waals surface area contributed by atoms with Crippen molar-refractivity contribution < 1.29 is 9.18 Å². The van der Waals surface area contributed by atoms with E-state index in [0.717, 1.165) is 5.69 Å². The lowest BCUT2D eigenvalue weighted by atomic mass is 10.2. The van der Waals surface area contributed by atoms with Gasteiger partial charge in [0.15, 0.2) is 0 Å². The molecule has 1 heterocycles. The number of para-hydroxylation sites is 2. The van der Waals surface area contributed by atoms with Gasteiger partial charge in [0.25, 0.3) is 5.91 Å². The Morgan fingerprint density at radius 1 is 1.13 bits per heavy atom. The minimum absolute atomic E-state index is 0.0976. The van der Waals surface area contributed by atoms with Gasteiger partial charge in [0, 0.05) is 0 Å². The van der Waals surface area contributed by atoms with Gasteiger partial charge in [0.2, 0.25) is 0 Å². The van der Waals surface area contributed by atoms with Crippen LogP contribution in [0.1, 0.15) is 16.1 Å². The van der Waals surface area contributed by atoms with Gasteiger partial charge in [-0.15, -0.1) is 0 Å². The summed E-state index contributed by atoms with van der Waals surface area (Å²) in [5.74, 6) is -1.01. The zero-order valence-corrected chi connectivity index (χ0v) is 13.0. The first kappa shape index (κ1) is 15.2. The van der Waals surface area contributed by atoms with E-state index < -0.39 is 11.7 Å². The molecule has 116 valence electrons. The van der Waals surface area contributed by atoms with Gasteiger partial charge in [-0.1, -0.05) is 41.9 Å². The maximum atomic E-state index is 13.7. The number of carbonyl (C=O) groups excluding carboxylic acids is 1. The molecule has 0 saturated carbocycles. The van der Waals surface area contributed by atoms with E-state index >= 15 is 0 Å². The van der Waals surface area contributed by atoms with E-state index in [1.54, 1.807) is 19.1 Å². The zero-order chi connectivity index (χ0) is 16.4. The van der Waals surface area contributed by atoms with Crippen molar-refractivity contribution in [2.24, 2.45) is 0 Å². The molecule has 0 spiro atoms. The number of aryl methyl sites for hydroxylation is 1. The Hall–Kier alpha value is -2.66. The first-order chi connectivity index (χ1) is 11.1. The molecule has 6 heteroatoms. The van der Waals surface area contributed by atoms with Gasteiger partial charge >= 0.3 is 0 Å². The first-order valence-electron chi connectivity index (χ1n) is 6.94. The third-order valence-electron chi connectivity index (χ3n) is 3.35. The summed E-state index contributed by atoms with van der Waals surface area (Å²) in [5, 5.41) is 7.00. The van der Waals surface area contributed by atoms with Crippen molar-refractivity contribution in [1.82, 2.24) is 9.78 Å². The summed E-state index contributed by atoms with van der Waals surface area (Å²) in [7, 11) is 0. The van der Waals surface area contributed by atoms with Gasteiger partial charge in [-0.2, -0.15) is 5.10 Å². The highest BCUT2D eigenvalue weighted by Crippen LogP contribution is 2.25. The van der Waals surface area contributed by atoms with Gasteiger partial charge in [-0.3, -0.25) is 4.79 Å². The van der Waals surface area contributed by atoms with Crippen LogP contribution >= 0.6 is 11.6 Å². The third-order valence-corrected chi connectivity index (χ3v) is 3.70. The number of benzene rings is 2. The van der Waals surface area contributed by atoms with Crippen LogP contribution in [0.3, 0.4) is 0 Å². The second kappa shape index (κ2) is 6.22. The van der Waals surface area contributed by atoms with Crippen molar-refractivity contribution in [3.05, 3.63) is 76.8 Å². The van der Waals surface area contributed by atoms with E-state index in [0.29, 0.717) is 5.69 Å². The van der Waals surface area contributed by atoms with Crippen molar-refractivity contribution in [2.45, 2.75) is 6.92 Å². The molecule has 23 heavy (non-hydrogen) atoms. The molecule has 0 aliphatic carbocycles. The van der Waals surface area contributed by atoms with Crippen molar-refractivity contribution in [2.75, 3.05) is 5.32 Å². The first-order valence-corrected chi connectivity index (χ1v) is 7.32. The predicted molar refractivity (Wildman–Crippen MR) is 87.7 cm³/mol. The van der Waals surface area contributed by atoms with Crippen LogP contribution in [0, 0.1) is 12.7 Å². The van der Waals surface area contributed by atoms with Crippen molar-refractivity contribution in [3.63, 3.8) is 0 Å². The quantitative estimate of drug-likeness (QED) is 0.781. The van der Waals surface area contributed by atoms with Gasteiger partial charge in [-0.05, 0) is 31.2 Å². The summed E-state index contributed by atoms with van der Waals surface area (Å²) in [6.07, 6.45) is 0. The second-order valence-electron chi connectivity index (χ2n) is 4.93. The Balaban J connectivity index is 1.96. The van der Waals surface area contributed by atoms with Gasteiger partial charge in [0.05, 0.1) is 17.1 Å². The molecule has 2 aromatic carbocycles. The lowest BCUT2D eigenvalue weighted by Gasteiger charge is -2.06. The molecule has 1 amide bonds. The van der Waals surface area contributed by atoms with Crippen LogP contribution in [0.2, 0.25) is 5.15 Å². The van der Waals surface area contributed by atoms with Crippen LogP contribution in [-0.2, 0) is 0 Å². The molecule has 0 aliphatic heterocycles. The Morgan fingerprint density at radius 2 is 1.78 bits per heavy atom. The Morgan fingerprint density at radius 3 is 2.48 bits per heavy atom. The van der Waals surface area contributed by atoms with Crippen LogP contribution < -0.4 is 5.32 Å². The Kier molecular flexibility index (Phi) is 4.12. The highest BCUT2D eigenvalue weighted by Gasteiger charge is 2.21. The zero-order valence-electron chi connectivity index (χ0n) is 12.3. The number of carbonyl (C=O) groups is 1. The third kappa shape index (κ3) is 2.96. The standard InChI is InChI=1S/C17H13ClFN3O/c1-11-15(17(23)20-14-10-6-5-9-13(14)19)16(18)22(21-11)12-7-3-2-4-8-12/h2-10H,1H3,(H,20,23). The fourth-order valence-electron chi connectivity index (χ4n) is 2.24. The summed E-state index contributed by atoms with van der Waals surface area (Å²) in [5.41, 5.74) is 1.53. The van der Waals surface area contributed by atoms with E-state index in [-0.39, 0.29) is 16.4 Å². The molecule has 4 nitrogen and oxygen atoms in total. The molecule has 0 bridgehead atoms. The molecule has 3 aromatic rings. The van der Waals surface area contributed by atoms with Crippen molar-refractivity contribution in [3.8, 4) is 5.69 Å². The minimum Gasteiger partial charge on any atom is -0.319 e. The fraction of sp³-hybridized carbons (Fsp3) is 0.0588. The summed E-state index contributed by atoms with van der Waals surface area (Å²) < 4.78 is 15.1. The smallest absolute Gasteiger partial charge is 0.260 e. The Bertz CT molecular complexity index is 862. The van der Waals surface area contributed by atoms with Crippen LogP contribution in [0.15, 0.2) is 54.6 Å². The topological polar surface area (TPSA) is 46.9 Å². The van der Waals surface area contributed by atoms with Gasteiger partial charge in [0.1, 0.15) is 16.5 Å². The predicted octanol–water partition coefficient (Wildman–Crippen LogP) is 4.23. The molecule has 0 atom stereocenters. The molecule has 0 aliphatic rings. The number of hydrogen-bond donors (Lipinski definition) is 1. The number of rotatable bonds is 3. The molecule has 0 unspecified atom stereocenters. The lowest BCUT2D eigenvalue weighted by molar-refractivity contribution is 0.102. The molecule has 0 fully saturated rings. The van der Waals surface area contributed by atoms with E-state index in [4.69, 9.17) is 11.6 Å². The highest BCUT2D eigenvalue weighted by molar-refractivity contribution is 6.34. The monoisotopic (exact) mass is 329 g/mol. The number of amides is 1. The molecule has 1 aromatic heterocycles. The van der Waals surface area contributed by atoms with Crippen molar-refractivity contribution >= 4 is 23.2 Å². The number of halogens is 2. The normalized spacial score (nSPS) is 10.6. The summed E-state index contributed by atoms with van der Waals surface area (Å²) in [4.78, 5) is 12.4. The van der Waals surface area contributed by atoms with E-state index in [1.807, 2.05) is 30.3 Å². The van der Waals surface area contributed by atoms with Crippen molar-refractivity contribution in [1.29, 1.82) is 0 Å². The van der Waals surface area contributed by atoms with Crippen LogP contribution in [-0.4, -0.2) is 15.7 Å². The van der Waals surface area contributed by atoms with E-state index in [1.165, 1.54) is 16.8 Å². The highest BCUT2D eigenvalue weighted by atomic mass is 35.5. The SMILES string of the molecule is Cc1nn(-c2ccccc2)c(Cl)c1C(=O)Nc1ccccc1F. The molecular formula is C17H13ClFN3O. The van der Waals surface area contributed by atoms with Crippen LogP contribution in [0.25, 0.3) is 5.69 Å². The largest absolute Gasteiger partial charge is 0.319 e. The number of nitrogens with zero attached hydrogens (tertiary/aromatic N) is 2. The molecule has 3 rings (SSSR count). The van der Waals surface area contributed by atoms with Crippen LogP contribution in [0.4, 0.5) is 10.1 Å². The number of nitrogens with one attached hydrogen (secondary N) is 1. The molecular weight excluding hydrogens is 317 g/mol. The van der Waals surface area contributed by atoms with E-state index in [2.05, 4.69) is 10.4 Å². The number of hydrogen-bond acceptors (Lipinski definition) is 2. The summed E-state index contributed by atoms with van der Waals surface area (Å²) in [6.45, 7) is 1.68. The van der Waals surface area contributed by atoms with E-state index in [9.17, 15) is 9.18 Å². The Labute approximate surface area is 137 Å². The maximum absolute atomic E-state index is 13.7. The number of aromatic nitrogens is 2. The molecule has 0 radical (unpaired) electrons. The molecule has 1 N–H and O–H groups in total. The average molecular weight is 330 g/mol. The molecule has 0 saturated heterocycles.